The third-order valence-corrected chi connectivity index (χ3v) is 5.87. The number of hydrogen-bond acceptors (Lipinski definition) is 4. The number of benzene rings is 1. The van der Waals surface area contributed by atoms with Gasteiger partial charge in [0.1, 0.15) is 0 Å². The fourth-order valence-corrected chi connectivity index (χ4v) is 4.26. The number of hydrogen-bond donors (Lipinski definition) is 1. The van der Waals surface area contributed by atoms with Crippen LogP contribution in [0.15, 0.2) is 24.3 Å². The molecule has 0 bridgehead atoms. The Labute approximate surface area is 146 Å². The van der Waals surface area contributed by atoms with Gasteiger partial charge in [-0.2, -0.15) is 0 Å². The van der Waals surface area contributed by atoms with E-state index >= 15 is 0 Å². The molecule has 1 aromatic rings. The average molecular weight is 346 g/mol. The summed E-state index contributed by atoms with van der Waals surface area (Å²) in [6, 6.07) is 7.55. The second-order valence-electron chi connectivity index (χ2n) is 6.49. The van der Waals surface area contributed by atoms with Crippen molar-refractivity contribution in [2.45, 2.75) is 43.8 Å². The highest BCUT2D eigenvalue weighted by Crippen LogP contribution is 2.29. The lowest BCUT2D eigenvalue weighted by atomic mass is 9.88. The van der Waals surface area contributed by atoms with Crippen molar-refractivity contribution in [1.82, 2.24) is 4.90 Å². The Morgan fingerprint density at radius 2 is 1.83 bits per heavy atom. The van der Waals surface area contributed by atoms with E-state index in [9.17, 15) is 14.4 Å². The molecule has 0 aromatic heterocycles. The molecule has 1 heterocycles. The van der Waals surface area contributed by atoms with Gasteiger partial charge in [0.15, 0.2) is 0 Å². The molecule has 3 amide bonds. The lowest BCUT2D eigenvalue weighted by Crippen LogP contribution is -2.28. The summed E-state index contributed by atoms with van der Waals surface area (Å²) in [5.74, 6) is 0.100. The molecule has 2 fully saturated rings. The smallest absolute Gasteiger partial charge is 0.288 e. The van der Waals surface area contributed by atoms with Crippen molar-refractivity contribution in [2.24, 2.45) is 5.92 Å². The summed E-state index contributed by atoms with van der Waals surface area (Å²) < 4.78 is 0. The van der Waals surface area contributed by atoms with Crippen molar-refractivity contribution in [3.05, 3.63) is 29.8 Å². The van der Waals surface area contributed by atoms with Gasteiger partial charge in [0, 0.05) is 18.7 Å². The first kappa shape index (κ1) is 17.0. The van der Waals surface area contributed by atoms with Crippen molar-refractivity contribution < 1.29 is 14.4 Å². The molecule has 0 unspecified atom stereocenters. The van der Waals surface area contributed by atoms with Crippen LogP contribution in [0.4, 0.5) is 10.5 Å². The molecule has 6 heteroatoms. The first-order valence-corrected chi connectivity index (χ1v) is 9.30. The van der Waals surface area contributed by atoms with E-state index in [-0.39, 0.29) is 28.2 Å². The van der Waals surface area contributed by atoms with Crippen LogP contribution in [0, 0.1) is 5.92 Å². The molecule has 0 radical (unpaired) electrons. The molecule has 1 aliphatic carbocycles. The second-order valence-corrected chi connectivity index (χ2v) is 7.65. The van der Waals surface area contributed by atoms with Gasteiger partial charge in [-0.1, -0.05) is 43.2 Å². The first-order valence-electron chi connectivity index (χ1n) is 8.42. The highest BCUT2D eigenvalue weighted by molar-refractivity contribution is 8.15. The highest BCUT2D eigenvalue weighted by atomic mass is 32.2. The molecule has 5 nitrogen and oxygen atoms in total. The molecule has 2 aliphatic rings. The van der Waals surface area contributed by atoms with Crippen LogP contribution in [0.25, 0.3) is 0 Å². The Hall–Kier alpha value is -1.82. The third-order valence-electron chi connectivity index (χ3n) is 4.74. The van der Waals surface area contributed by atoms with Gasteiger partial charge in [-0.25, -0.2) is 0 Å². The number of anilines is 1. The number of carbonyl (C=O) groups is 3. The summed E-state index contributed by atoms with van der Waals surface area (Å²) in [6.45, 7) is 0. The van der Waals surface area contributed by atoms with Crippen LogP contribution in [0.2, 0.25) is 0 Å². The maximum Gasteiger partial charge on any atom is 0.288 e. The standard InChI is InChI=1S/C18H22N2O3S/c1-20-17(22)15(24-18(20)23)11-12-7-9-14(10-8-12)19-16(21)13-5-3-2-4-6-13/h7-10,13,15H,2-6,11H2,1H3,(H,19,21)/t15-/m1/s1. The van der Waals surface area contributed by atoms with Gasteiger partial charge in [-0.05, 0) is 37.0 Å². The number of nitrogens with zero attached hydrogens (tertiary/aromatic N) is 1. The lowest BCUT2D eigenvalue weighted by Gasteiger charge is -2.20. The molecule has 1 saturated heterocycles. The minimum Gasteiger partial charge on any atom is -0.326 e. The summed E-state index contributed by atoms with van der Waals surface area (Å²) in [7, 11) is 1.52. The molecule has 1 aromatic carbocycles. The fraction of sp³-hybridized carbons (Fsp3) is 0.500. The SMILES string of the molecule is CN1C(=O)S[C@H](Cc2ccc(NC(=O)C3CCCCC3)cc2)C1=O. The Morgan fingerprint density at radius 3 is 2.42 bits per heavy atom. The van der Waals surface area contributed by atoms with Gasteiger partial charge in [0.2, 0.25) is 11.8 Å². The van der Waals surface area contributed by atoms with Crippen molar-refractivity contribution in [3.8, 4) is 0 Å². The molecule has 24 heavy (non-hydrogen) atoms. The lowest BCUT2D eigenvalue weighted by molar-refractivity contribution is -0.125. The van der Waals surface area contributed by atoms with Crippen LogP contribution in [-0.4, -0.2) is 34.3 Å². The van der Waals surface area contributed by atoms with Gasteiger partial charge in [0.05, 0.1) is 5.25 Å². The Balaban J connectivity index is 1.56. The van der Waals surface area contributed by atoms with E-state index < -0.39 is 0 Å². The monoisotopic (exact) mass is 346 g/mol. The summed E-state index contributed by atoms with van der Waals surface area (Å²) in [5.41, 5.74) is 1.77. The Bertz CT molecular complexity index is 638. The molecule has 0 spiro atoms. The molecular weight excluding hydrogens is 324 g/mol. The van der Waals surface area contributed by atoms with E-state index in [0.717, 1.165) is 48.7 Å². The molecule has 1 N–H and O–H groups in total. The van der Waals surface area contributed by atoms with Gasteiger partial charge < -0.3 is 5.32 Å². The van der Waals surface area contributed by atoms with Crippen molar-refractivity contribution in [3.63, 3.8) is 0 Å². The Kier molecular flexibility index (Phi) is 5.23. The third kappa shape index (κ3) is 3.80. The molecule has 1 saturated carbocycles. The van der Waals surface area contributed by atoms with E-state index in [1.54, 1.807) is 0 Å². The minimum atomic E-state index is -0.342. The van der Waals surface area contributed by atoms with E-state index in [1.807, 2.05) is 24.3 Å². The summed E-state index contributed by atoms with van der Waals surface area (Å²) in [5, 5.41) is 2.45. The van der Waals surface area contributed by atoms with E-state index in [0.29, 0.717) is 6.42 Å². The maximum atomic E-state index is 12.2. The van der Waals surface area contributed by atoms with Crippen LogP contribution >= 0.6 is 11.8 Å². The molecule has 1 atom stereocenters. The second kappa shape index (κ2) is 7.38. The van der Waals surface area contributed by atoms with Gasteiger partial charge in [-0.15, -0.1) is 0 Å². The van der Waals surface area contributed by atoms with Gasteiger partial charge >= 0.3 is 0 Å². The molecule has 3 rings (SSSR count). The number of nitrogens with one attached hydrogen (secondary N) is 1. The Morgan fingerprint density at radius 1 is 1.17 bits per heavy atom. The maximum absolute atomic E-state index is 12.2. The van der Waals surface area contributed by atoms with Crippen LogP contribution < -0.4 is 5.32 Å². The number of carbonyl (C=O) groups excluding carboxylic acids is 3. The summed E-state index contributed by atoms with van der Waals surface area (Å²) in [6.07, 6.45) is 5.98. The zero-order chi connectivity index (χ0) is 17.1. The van der Waals surface area contributed by atoms with Crippen molar-refractivity contribution in [2.75, 3.05) is 12.4 Å². The quantitative estimate of drug-likeness (QED) is 0.907. The zero-order valence-electron chi connectivity index (χ0n) is 13.8. The first-order chi connectivity index (χ1) is 11.5. The number of thioether (sulfide) groups is 1. The zero-order valence-corrected chi connectivity index (χ0v) is 14.6. The largest absolute Gasteiger partial charge is 0.326 e. The molecule has 1 aliphatic heterocycles. The topological polar surface area (TPSA) is 66.5 Å². The summed E-state index contributed by atoms with van der Waals surface area (Å²) >= 11 is 1.08. The number of imide groups is 1. The molecular formula is C18H22N2O3S. The van der Waals surface area contributed by atoms with Crippen LogP contribution in [-0.2, 0) is 16.0 Å². The van der Waals surface area contributed by atoms with E-state index in [1.165, 1.54) is 18.4 Å². The minimum absolute atomic E-state index is 0.108. The normalized spacial score (nSPS) is 22.0. The van der Waals surface area contributed by atoms with Crippen LogP contribution in [0.3, 0.4) is 0 Å². The van der Waals surface area contributed by atoms with Gasteiger partial charge in [-0.3, -0.25) is 19.3 Å². The van der Waals surface area contributed by atoms with Crippen LogP contribution in [0.1, 0.15) is 37.7 Å². The van der Waals surface area contributed by atoms with Crippen LogP contribution in [0.5, 0.6) is 0 Å². The fourth-order valence-electron chi connectivity index (χ4n) is 3.23. The number of amides is 3. The summed E-state index contributed by atoms with van der Waals surface area (Å²) in [4.78, 5) is 36.9. The van der Waals surface area contributed by atoms with Crippen molar-refractivity contribution >= 4 is 34.5 Å². The predicted molar refractivity (Wildman–Crippen MR) is 94.9 cm³/mol. The van der Waals surface area contributed by atoms with Crippen molar-refractivity contribution in [1.29, 1.82) is 0 Å². The van der Waals surface area contributed by atoms with Gasteiger partial charge in [0.25, 0.3) is 5.24 Å². The highest BCUT2D eigenvalue weighted by Gasteiger charge is 2.36. The predicted octanol–water partition coefficient (Wildman–Crippen LogP) is 3.44. The average Bonchev–Trinajstić information content (AvgIpc) is 2.84. The number of rotatable bonds is 4. The molecule has 128 valence electrons. The van der Waals surface area contributed by atoms with E-state index in [2.05, 4.69) is 5.32 Å². The van der Waals surface area contributed by atoms with E-state index in [4.69, 9.17) is 0 Å².